The van der Waals surface area contributed by atoms with Gasteiger partial charge >= 0.3 is 33.0 Å². The van der Waals surface area contributed by atoms with Gasteiger partial charge in [-0.2, -0.15) is 0 Å². The van der Waals surface area contributed by atoms with Crippen molar-refractivity contribution in [2.45, 2.75) is 76.1 Å². The zero-order valence-corrected chi connectivity index (χ0v) is 12.8. The van der Waals surface area contributed by atoms with E-state index in [0.29, 0.717) is 16.8 Å². The molecule has 0 amide bonds. The molecule has 3 saturated heterocycles. The summed E-state index contributed by atoms with van der Waals surface area (Å²) in [5, 5.41) is 0. The molecule has 3 heterocycles. The molecule has 0 aromatic carbocycles. The zero-order chi connectivity index (χ0) is 15.7. The fourth-order valence-electron chi connectivity index (χ4n) is 4.36. The van der Waals surface area contributed by atoms with Gasteiger partial charge in [-0.15, -0.1) is 0 Å². The Morgan fingerprint density at radius 3 is 0.900 bits per heavy atom. The van der Waals surface area contributed by atoms with Crippen molar-refractivity contribution in [2.75, 3.05) is 0 Å². The SMILES string of the molecule is CC12CCC3(C)CCC(C)(CC1)[O+]23.F[P-](F)(F)(F)(F)F. The quantitative estimate of drug-likeness (QED) is 0.269. The molecule has 0 aromatic heterocycles. The molecule has 20 heavy (non-hydrogen) atoms. The summed E-state index contributed by atoms with van der Waals surface area (Å²) < 4.78 is 63.0. The first kappa shape index (κ1) is 16.3. The number of hydrogen-bond donors (Lipinski definition) is 0. The molecule has 3 aliphatic heterocycles. The van der Waals surface area contributed by atoms with Crippen LogP contribution in [-0.2, 0) is 4.37 Å². The van der Waals surface area contributed by atoms with Crippen LogP contribution in [-0.4, -0.2) is 16.8 Å². The number of hydrogen-bond acceptors (Lipinski definition) is 0. The van der Waals surface area contributed by atoms with E-state index < -0.39 is 7.81 Å². The third-order valence-corrected chi connectivity index (χ3v) is 5.03. The molecule has 0 atom stereocenters. The summed E-state index contributed by atoms with van der Waals surface area (Å²) in [5.41, 5.74) is 1.46. The maximum atomic E-state index is 9.87. The second-order valence-electron chi connectivity index (χ2n) is 7.11. The third-order valence-electron chi connectivity index (χ3n) is 5.03. The Bertz CT molecular complexity index is 361. The van der Waals surface area contributed by atoms with Gasteiger partial charge in [0.2, 0.25) is 0 Å². The van der Waals surface area contributed by atoms with Gasteiger partial charge in [0.05, 0.1) is 0 Å². The van der Waals surface area contributed by atoms with E-state index in [0.717, 1.165) is 0 Å². The minimum absolute atomic E-state index is 0.486. The molecule has 0 unspecified atom stereocenters. The van der Waals surface area contributed by atoms with Crippen LogP contribution in [0.2, 0.25) is 0 Å². The van der Waals surface area contributed by atoms with E-state index in [-0.39, 0.29) is 0 Å². The van der Waals surface area contributed by atoms with Crippen molar-refractivity contribution in [3.63, 3.8) is 0 Å². The fourth-order valence-corrected chi connectivity index (χ4v) is 4.36. The van der Waals surface area contributed by atoms with Crippen LogP contribution in [0, 0.1) is 0 Å². The van der Waals surface area contributed by atoms with Crippen molar-refractivity contribution in [3.8, 4) is 0 Å². The molecule has 122 valence electrons. The van der Waals surface area contributed by atoms with Gasteiger partial charge in [0.15, 0.2) is 16.8 Å². The molecule has 1 nitrogen and oxygen atoms in total. The summed E-state index contributed by atoms with van der Waals surface area (Å²) >= 11 is 0. The van der Waals surface area contributed by atoms with Crippen LogP contribution in [0.4, 0.5) is 25.2 Å². The maximum absolute atomic E-state index is 10.7. The van der Waals surface area contributed by atoms with E-state index in [1.54, 1.807) is 0 Å². The molecule has 0 aliphatic carbocycles. The number of halogens is 6. The molecule has 3 fully saturated rings. The van der Waals surface area contributed by atoms with Crippen LogP contribution in [0.15, 0.2) is 0 Å². The first-order chi connectivity index (χ1) is 8.44. The summed E-state index contributed by atoms with van der Waals surface area (Å²) in [6.45, 7) is 7.37. The first-order valence-electron chi connectivity index (χ1n) is 6.75. The van der Waals surface area contributed by atoms with E-state index in [9.17, 15) is 25.2 Å². The van der Waals surface area contributed by atoms with E-state index in [2.05, 4.69) is 25.1 Å². The van der Waals surface area contributed by atoms with Gasteiger partial charge in [-0.25, -0.2) is 0 Å². The van der Waals surface area contributed by atoms with Crippen LogP contribution in [0.3, 0.4) is 0 Å². The van der Waals surface area contributed by atoms with Crippen molar-refractivity contribution >= 4 is 7.81 Å². The Morgan fingerprint density at radius 2 is 0.750 bits per heavy atom. The van der Waals surface area contributed by atoms with Gasteiger partial charge < -0.3 is 4.37 Å². The molecular formula is C12H21F6OP. The Balaban J connectivity index is 0.000000182. The van der Waals surface area contributed by atoms with Crippen molar-refractivity contribution in [3.05, 3.63) is 0 Å². The second kappa shape index (κ2) is 3.48. The van der Waals surface area contributed by atoms with Crippen LogP contribution >= 0.6 is 7.81 Å². The van der Waals surface area contributed by atoms with Crippen LogP contribution in [0.25, 0.3) is 0 Å². The van der Waals surface area contributed by atoms with Crippen LogP contribution < -0.4 is 0 Å². The molecule has 0 spiro atoms. The normalized spacial score (nSPS) is 47.2. The van der Waals surface area contributed by atoms with Crippen LogP contribution in [0.1, 0.15) is 59.3 Å². The Labute approximate surface area is 114 Å². The summed E-state index contributed by atoms with van der Waals surface area (Å²) in [5.74, 6) is 0. The summed E-state index contributed by atoms with van der Waals surface area (Å²) in [6, 6.07) is 0. The predicted octanol–water partition coefficient (Wildman–Crippen LogP) is 6.58. The molecule has 0 bridgehead atoms. The summed E-state index contributed by atoms with van der Waals surface area (Å²) in [7, 11) is -10.7. The van der Waals surface area contributed by atoms with Crippen LogP contribution in [0.5, 0.6) is 0 Å². The van der Waals surface area contributed by atoms with Crippen molar-refractivity contribution in [1.82, 2.24) is 0 Å². The average Bonchev–Trinajstić information content (AvgIpc) is 2.67. The summed E-state index contributed by atoms with van der Waals surface area (Å²) in [6.07, 6.45) is 8.44. The Morgan fingerprint density at radius 1 is 0.600 bits per heavy atom. The first-order valence-corrected chi connectivity index (χ1v) is 8.78. The molecule has 8 heteroatoms. The summed E-state index contributed by atoms with van der Waals surface area (Å²) in [4.78, 5) is 0. The topological polar surface area (TPSA) is 2.70 Å². The Kier molecular flexibility index (Phi) is 2.84. The molecule has 3 rings (SSSR count). The predicted molar refractivity (Wildman–Crippen MR) is 67.6 cm³/mol. The molecule has 3 aliphatic rings. The zero-order valence-electron chi connectivity index (χ0n) is 11.9. The Hall–Kier alpha value is -0.0300. The van der Waals surface area contributed by atoms with Gasteiger partial charge in [0.1, 0.15) is 0 Å². The third kappa shape index (κ3) is 3.41. The average molecular weight is 326 g/mol. The number of rotatable bonds is 0. The standard InChI is InChI=1S/C12H21O.F6P/c1-10-4-6-11(2)8-9-12(3,7-5-10)13(10)11;1-7(2,3,4,5)6/h4-9H2,1-3H3;/q+1;-1. The molecule has 0 radical (unpaired) electrons. The molecule has 0 N–H and O–H groups in total. The fraction of sp³-hybridized carbons (Fsp3) is 1.00. The van der Waals surface area contributed by atoms with E-state index >= 15 is 0 Å². The second-order valence-corrected chi connectivity index (χ2v) is 9.03. The van der Waals surface area contributed by atoms with Gasteiger partial charge in [0, 0.05) is 59.3 Å². The van der Waals surface area contributed by atoms with Gasteiger partial charge in [-0.1, -0.05) is 0 Å². The van der Waals surface area contributed by atoms with Gasteiger partial charge in [-0.05, 0) is 0 Å². The molecular weight excluding hydrogens is 305 g/mol. The minimum atomic E-state index is -10.7. The molecule has 0 aromatic rings. The van der Waals surface area contributed by atoms with E-state index in [1.807, 2.05) is 0 Å². The van der Waals surface area contributed by atoms with Crippen molar-refractivity contribution in [1.29, 1.82) is 0 Å². The van der Waals surface area contributed by atoms with E-state index in [4.69, 9.17) is 0 Å². The van der Waals surface area contributed by atoms with E-state index in [1.165, 1.54) is 38.5 Å². The molecule has 0 saturated carbocycles. The monoisotopic (exact) mass is 326 g/mol. The van der Waals surface area contributed by atoms with Crippen molar-refractivity contribution in [2.24, 2.45) is 0 Å². The van der Waals surface area contributed by atoms with Gasteiger partial charge in [0.25, 0.3) is 0 Å². The van der Waals surface area contributed by atoms with Crippen molar-refractivity contribution < 1.29 is 29.5 Å². The van der Waals surface area contributed by atoms with Gasteiger partial charge in [-0.3, -0.25) is 0 Å².